The van der Waals surface area contributed by atoms with Crippen LogP contribution in [0.4, 0.5) is 11.4 Å². The predicted octanol–water partition coefficient (Wildman–Crippen LogP) is 4.85. The Morgan fingerprint density at radius 3 is 2.66 bits per heavy atom. The third-order valence-corrected chi connectivity index (χ3v) is 5.27. The first kappa shape index (κ1) is 23.4. The molecular formula is C24H27ClN4O3. The predicted molar refractivity (Wildman–Crippen MR) is 129 cm³/mol. The van der Waals surface area contributed by atoms with Gasteiger partial charge < -0.3 is 25.2 Å². The monoisotopic (exact) mass is 454 g/mol. The molecule has 0 radical (unpaired) electrons. The molecule has 0 saturated carbocycles. The van der Waals surface area contributed by atoms with Crippen molar-refractivity contribution >= 4 is 30.1 Å². The fraction of sp³-hybridized carbons (Fsp3) is 0.250. The smallest absolute Gasteiger partial charge is 0.267 e. The lowest BCUT2D eigenvalue weighted by atomic mass is 10.0. The second kappa shape index (κ2) is 10.3. The van der Waals surface area contributed by atoms with Crippen molar-refractivity contribution in [3.05, 3.63) is 77.6 Å². The van der Waals surface area contributed by atoms with Crippen molar-refractivity contribution in [1.82, 2.24) is 4.98 Å². The third-order valence-electron chi connectivity index (χ3n) is 5.27. The van der Waals surface area contributed by atoms with Gasteiger partial charge in [-0.15, -0.1) is 12.4 Å². The fourth-order valence-electron chi connectivity index (χ4n) is 3.50. The van der Waals surface area contributed by atoms with Crippen molar-refractivity contribution in [3.8, 4) is 11.5 Å². The van der Waals surface area contributed by atoms with E-state index in [1.54, 1.807) is 31.9 Å². The maximum absolute atomic E-state index is 10.0. The molecule has 1 aliphatic heterocycles. The van der Waals surface area contributed by atoms with Crippen LogP contribution < -0.4 is 15.4 Å². The number of nitrogens with one attached hydrogen (secondary N) is 2. The van der Waals surface area contributed by atoms with Gasteiger partial charge in [0.05, 0.1) is 24.2 Å². The normalized spacial score (nSPS) is 16.4. The van der Waals surface area contributed by atoms with Gasteiger partial charge >= 0.3 is 0 Å². The number of hydrogen-bond donors (Lipinski definition) is 3. The van der Waals surface area contributed by atoms with Gasteiger partial charge in [-0.1, -0.05) is 6.07 Å². The van der Waals surface area contributed by atoms with Crippen LogP contribution in [0.5, 0.6) is 11.5 Å². The lowest BCUT2D eigenvalue weighted by Gasteiger charge is -2.34. The molecule has 0 spiro atoms. The number of aromatic nitrogens is 1. The Morgan fingerprint density at radius 1 is 1.09 bits per heavy atom. The van der Waals surface area contributed by atoms with Crippen molar-refractivity contribution in [1.29, 1.82) is 0 Å². The average Bonchev–Trinajstić information content (AvgIpc) is 2.80. The molecular weight excluding hydrogens is 428 g/mol. The number of ether oxygens (including phenoxy) is 2. The highest BCUT2D eigenvalue weighted by atomic mass is 35.5. The number of pyridine rings is 1. The SMILES string of the molecule is COC1(Nc2ccc(C)c(O)c2)N=CNc2cc(OCCCc3ccncc3)ccc21.Cl. The Bertz CT molecular complexity index is 1080. The van der Waals surface area contributed by atoms with Crippen LogP contribution in [0.15, 0.2) is 65.9 Å². The van der Waals surface area contributed by atoms with Crippen LogP contribution in [-0.2, 0) is 17.0 Å². The Morgan fingerprint density at radius 2 is 1.91 bits per heavy atom. The molecule has 3 aromatic rings. The van der Waals surface area contributed by atoms with Crippen molar-refractivity contribution in [3.63, 3.8) is 0 Å². The molecule has 8 heteroatoms. The summed E-state index contributed by atoms with van der Waals surface area (Å²) in [6.07, 6.45) is 7.07. The van der Waals surface area contributed by atoms with Gasteiger partial charge in [-0.25, -0.2) is 4.99 Å². The van der Waals surface area contributed by atoms with E-state index in [1.807, 2.05) is 49.4 Å². The van der Waals surface area contributed by atoms with Gasteiger partial charge in [0, 0.05) is 37.3 Å². The number of fused-ring (bicyclic) bond motifs is 1. The number of anilines is 2. The summed E-state index contributed by atoms with van der Waals surface area (Å²) >= 11 is 0. The average molecular weight is 455 g/mol. The topological polar surface area (TPSA) is 88.0 Å². The molecule has 0 saturated heterocycles. The number of phenolic OH excluding ortho intramolecular Hbond substituents is 1. The Balaban J connectivity index is 0.00000289. The van der Waals surface area contributed by atoms with Gasteiger partial charge in [0.1, 0.15) is 11.5 Å². The number of aromatic hydroxyl groups is 1. The van der Waals surface area contributed by atoms with Gasteiger partial charge in [0.25, 0.3) is 5.85 Å². The van der Waals surface area contributed by atoms with Crippen LogP contribution in [0.2, 0.25) is 0 Å². The molecule has 1 aliphatic rings. The number of methoxy groups -OCH3 is 1. The minimum Gasteiger partial charge on any atom is -0.508 e. The highest BCUT2D eigenvalue weighted by Crippen LogP contribution is 2.38. The molecule has 7 nitrogen and oxygen atoms in total. The number of aliphatic imine (C=N–C) groups is 1. The van der Waals surface area contributed by atoms with E-state index in [2.05, 4.69) is 20.6 Å². The number of nitrogens with zero attached hydrogens (tertiary/aromatic N) is 2. The Labute approximate surface area is 193 Å². The zero-order valence-electron chi connectivity index (χ0n) is 18.0. The zero-order chi connectivity index (χ0) is 21.7. The lowest BCUT2D eigenvalue weighted by Crippen LogP contribution is -2.38. The second-order valence-electron chi connectivity index (χ2n) is 7.39. The molecule has 2 heterocycles. The van der Waals surface area contributed by atoms with Crippen molar-refractivity contribution in [2.45, 2.75) is 25.6 Å². The van der Waals surface area contributed by atoms with Crippen LogP contribution in [-0.4, -0.2) is 30.1 Å². The summed E-state index contributed by atoms with van der Waals surface area (Å²) in [5, 5.41) is 16.5. The van der Waals surface area contributed by atoms with Gasteiger partial charge in [-0.3, -0.25) is 4.98 Å². The molecule has 0 amide bonds. The van der Waals surface area contributed by atoms with E-state index < -0.39 is 5.85 Å². The molecule has 2 aromatic carbocycles. The molecule has 32 heavy (non-hydrogen) atoms. The zero-order valence-corrected chi connectivity index (χ0v) is 18.9. The van der Waals surface area contributed by atoms with Crippen LogP contribution in [0, 0.1) is 6.92 Å². The highest BCUT2D eigenvalue weighted by molar-refractivity contribution is 5.85. The van der Waals surface area contributed by atoms with Gasteiger partial charge in [-0.2, -0.15) is 0 Å². The second-order valence-corrected chi connectivity index (χ2v) is 7.39. The van der Waals surface area contributed by atoms with Crippen molar-refractivity contribution in [2.75, 3.05) is 24.4 Å². The molecule has 0 fully saturated rings. The molecule has 0 bridgehead atoms. The van der Waals surface area contributed by atoms with E-state index in [9.17, 15) is 5.11 Å². The number of halogens is 1. The van der Waals surface area contributed by atoms with Crippen LogP contribution in [0.1, 0.15) is 23.1 Å². The third kappa shape index (κ3) is 5.12. The van der Waals surface area contributed by atoms with E-state index in [1.165, 1.54) is 5.56 Å². The molecule has 4 rings (SSSR count). The molecule has 1 atom stereocenters. The summed E-state index contributed by atoms with van der Waals surface area (Å²) in [6, 6.07) is 15.2. The molecule has 1 unspecified atom stereocenters. The summed E-state index contributed by atoms with van der Waals surface area (Å²) in [4.78, 5) is 8.55. The summed E-state index contributed by atoms with van der Waals surface area (Å²) in [5.41, 5.74) is 4.41. The first-order valence-corrected chi connectivity index (χ1v) is 10.2. The molecule has 3 N–H and O–H groups in total. The van der Waals surface area contributed by atoms with Gasteiger partial charge in [0.2, 0.25) is 0 Å². The van der Waals surface area contributed by atoms with Gasteiger partial charge in [-0.05, 0) is 61.2 Å². The van der Waals surface area contributed by atoms with E-state index in [-0.39, 0.29) is 18.2 Å². The van der Waals surface area contributed by atoms with Crippen LogP contribution in [0.3, 0.4) is 0 Å². The first-order valence-electron chi connectivity index (χ1n) is 10.2. The maximum Gasteiger partial charge on any atom is 0.267 e. The summed E-state index contributed by atoms with van der Waals surface area (Å²) in [6.45, 7) is 2.47. The quantitative estimate of drug-likeness (QED) is 0.333. The lowest BCUT2D eigenvalue weighted by molar-refractivity contribution is 0.0191. The standard InChI is InChI=1S/C24H26N4O3.ClH/c1-17-5-6-19(14-23(17)29)28-24(30-2)21-8-7-20(15-22(21)26-16-27-24)31-13-3-4-18-9-11-25-12-10-18;/h5-12,14-16,28-29H,3-4,13H2,1-2H3,(H,26,27);1H. The van der Waals surface area contributed by atoms with Crippen LogP contribution in [0.25, 0.3) is 0 Å². The maximum atomic E-state index is 10.0. The summed E-state index contributed by atoms with van der Waals surface area (Å²) in [7, 11) is 1.59. The van der Waals surface area contributed by atoms with E-state index in [0.29, 0.717) is 12.3 Å². The Kier molecular flexibility index (Phi) is 7.56. The number of hydrogen-bond acceptors (Lipinski definition) is 7. The first-order chi connectivity index (χ1) is 15.1. The fourth-order valence-corrected chi connectivity index (χ4v) is 3.50. The minimum atomic E-state index is -1.11. The number of phenols is 1. The summed E-state index contributed by atoms with van der Waals surface area (Å²) in [5.74, 6) is -0.124. The Hall–Kier alpha value is -3.29. The molecule has 1 aromatic heterocycles. The van der Waals surface area contributed by atoms with Crippen LogP contribution >= 0.6 is 12.4 Å². The van der Waals surface area contributed by atoms with Crippen molar-refractivity contribution in [2.24, 2.45) is 4.99 Å². The van der Waals surface area contributed by atoms with E-state index in [0.717, 1.165) is 35.4 Å². The summed E-state index contributed by atoms with van der Waals surface area (Å²) < 4.78 is 11.7. The van der Waals surface area contributed by atoms with Crippen molar-refractivity contribution < 1.29 is 14.6 Å². The molecule has 168 valence electrons. The number of benzene rings is 2. The highest BCUT2D eigenvalue weighted by Gasteiger charge is 2.36. The van der Waals surface area contributed by atoms with Gasteiger partial charge in [0.15, 0.2) is 0 Å². The number of aryl methyl sites for hydroxylation is 2. The van der Waals surface area contributed by atoms with E-state index >= 15 is 0 Å². The van der Waals surface area contributed by atoms with E-state index in [4.69, 9.17) is 9.47 Å². The molecule has 0 aliphatic carbocycles. The number of rotatable bonds is 8. The minimum absolute atomic E-state index is 0. The largest absolute Gasteiger partial charge is 0.508 e.